The van der Waals surface area contributed by atoms with Gasteiger partial charge in [-0.3, -0.25) is 14.3 Å². The Balaban J connectivity index is 2.29. The minimum Gasteiger partial charge on any atom is -0.318 e. The minimum atomic E-state index is -0.916. The standard InChI is InChI=1S/C16H24N2O2S/c1-5-14-16(19)18(12(3)10-21(4)20)15(17-14)13-8-6-11(2)7-9-13/h6-9,12,14-15,17H,5,10H2,1-4H3. The van der Waals surface area contributed by atoms with Gasteiger partial charge in [-0.15, -0.1) is 0 Å². The minimum absolute atomic E-state index is 0.0429. The average Bonchev–Trinajstić information content (AvgIpc) is 2.75. The van der Waals surface area contributed by atoms with Gasteiger partial charge in [0, 0.05) is 28.9 Å². The second-order valence-corrected chi connectivity index (χ2v) is 7.25. The van der Waals surface area contributed by atoms with Crippen LogP contribution in [0.2, 0.25) is 0 Å². The molecule has 1 fully saturated rings. The molecule has 2 rings (SSSR count). The highest BCUT2D eigenvalue weighted by Gasteiger charge is 2.41. The first-order valence-electron chi connectivity index (χ1n) is 7.38. The monoisotopic (exact) mass is 308 g/mol. The number of nitrogens with one attached hydrogen (secondary N) is 1. The molecule has 4 atom stereocenters. The lowest BCUT2D eigenvalue weighted by Gasteiger charge is -2.30. The molecular formula is C16H24N2O2S. The topological polar surface area (TPSA) is 49.4 Å². The largest absolute Gasteiger partial charge is 0.318 e. The van der Waals surface area contributed by atoms with E-state index in [0.717, 1.165) is 12.0 Å². The van der Waals surface area contributed by atoms with Crippen LogP contribution in [0.3, 0.4) is 0 Å². The van der Waals surface area contributed by atoms with E-state index < -0.39 is 10.8 Å². The molecule has 0 spiro atoms. The van der Waals surface area contributed by atoms with E-state index in [1.165, 1.54) is 5.56 Å². The summed E-state index contributed by atoms with van der Waals surface area (Å²) in [5, 5.41) is 3.41. The Morgan fingerprint density at radius 3 is 2.48 bits per heavy atom. The summed E-state index contributed by atoms with van der Waals surface area (Å²) in [6.45, 7) is 6.03. The molecule has 116 valence electrons. The van der Waals surface area contributed by atoms with Crippen LogP contribution in [0, 0.1) is 6.92 Å². The van der Waals surface area contributed by atoms with Gasteiger partial charge >= 0.3 is 0 Å². The van der Waals surface area contributed by atoms with E-state index in [-0.39, 0.29) is 24.2 Å². The summed E-state index contributed by atoms with van der Waals surface area (Å²) in [7, 11) is -0.916. The molecule has 0 radical (unpaired) electrons. The van der Waals surface area contributed by atoms with Gasteiger partial charge in [-0.05, 0) is 25.8 Å². The second-order valence-electron chi connectivity index (χ2n) is 5.78. The van der Waals surface area contributed by atoms with Crippen LogP contribution >= 0.6 is 0 Å². The van der Waals surface area contributed by atoms with Gasteiger partial charge in [0.15, 0.2) is 0 Å². The van der Waals surface area contributed by atoms with E-state index in [4.69, 9.17) is 0 Å². The summed E-state index contributed by atoms with van der Waals surface area (Å²) in [6.07, 6.45) is 2.32. The number of aryl methyl sites for hydroxylation is 1. The maximum Gasteiger partial charge on any atom is 0.241 e. The molecule has 21 heavy (non-hydrogen) atoms. The number of amides is 1. The SMILES string of the molecule is CCC1NC(c2ccc(C)cc2)N(C(C)CS(C)=O)C1=O. The maximum atomic E-state index is 12.6. The summed E-state index contributed by atoms with van der Waals surface area (Å²) >= 11 is 0. The van der Waals surface area contributed by atoms with E-state index in [1.54, 1.807) is 6.26 Å². The fourth-order valence-electron chi connectivity index (χ4n) is 2.84. The number of carbonyl (C=O) groups is 1. The van der Waals surface area contributed by atoms with E-state index in [0.29, 0.717) is 5.75 Å². The van der Waals surface area contributed by atoms with E-state index in [9.17, 15) is 9.00 Å². The van der Waals surface area contributed by atoms with Crippen LogP contribution < -0.4 is 5.32 Å². The summed E-state index contributed by atoms with van der Waals surface area (Å²) in [6, 6.07) is 8.04. The molecule has 1 heterocycles. The van der Waals surface area contributed by atoms with Crippen LogP contribution in [0.4, 0.5) is 0 Å². The predicted molar refractivity (Wildman–Crippen MR) is 86.4 cm³/mol. The quantitative estimate of drug-likeness (QED) is 0.905. The average molecular weight is 308 g/mol. The van der Waals surface area contributed by atoms with Gasteiger partial charge in [0.2, 0.25) is 5.91 Å². The first-order chi connectivity index (χ1) is 9.93. The fourth-order valence-corrected chi connectivity index (χ4v) is 3.68. The van der Waals surface area contributed by atoms with Gasteiger partial charge in [0.25, 0.3) is 0 Å². The Bertz CT molecular complexity index is 530. The molecular weight excluding hydrogens is 284 g/mol. The molecule has 1 saturated heterocycles. The molecule has 0 aromatic heterocycles. The normalized spacial score (nSPS) is 25.1. The van der Waals surface area contributed by atoms with Crippen molar-refractivity contribution in [2.45, 2.75) is 45.4 Å². The lowest BCUT2D eigenvalue weighted by atomic mass is 10.1. The zero-order chi connectivity index (χ0) is 15.6. The van der Waals surface area contributed by atoms with Crippen molar-refractivity contribution in [3.8, 4) is 0 Å². The third-order valence-corrected chi connectivity index (χ3v) is 4.89. The lowest BCUT2D eigenvalue weighted by Crippen LogP contribution is -2.41. The van der Waals surface area contributed by atoms with Gasteiger partial charge in [0.05, 0.1) is 6.04 Å². The van der Waals surface area contributed by atoms with Gasteiger partial charge in [-0.25, -0.2) is 0 Å². The molecule has 1 amide bonds. The Labute approximate surface area is 129 Å². The lowest BCUT2D eigenvalue weighted by molar-refractivity contribution is -0.131. The van der Waals surface area contributed by atoms with Crippen LogP contribution in [-0.4, -0.2) is 39.1 Å². The summed E-state index contributed by atoms with van der Waals surface area (Å²) in [5.74, 6) is 0.618. The molecule has 0 bridgehead atoms. The molecule has 1 aromatic rings. The van der Waals surface area contributed by atoms with Crippen molar-refractivity contribution < 1.29 is 9.00 Å². The van der Waals surface area contributed by atoms with Gasteiger partial charge in [-0.1, -0.05) is 36.8 Å². The van der Waals surface area contributed by atoms with E-state index in [1.807, 2.05) is 25.7 Å². The Kier molecular flexibility index (Phi) is 5.17. The number of benzene rings is 1. The Morgan fingerprint density at radius 2 is 1.95 bits per heavy atom. The highest BCUT2D eigenvalue weighted by atomic mass is 32.2. The van der Waals surface area contributed by atoms with Crippen molar-refractivity contribution in [2.75, 3.05) is 12.0 Å². The first-order valence-corrected chi connectivity index (χ1v) is 9.11. The maximum absolute atomic E-state index is 12.6. The van der Waals surface area contributed by atoms with Gasteiger partial charge in [-0.2, -0.15) is 0 Å². The number of nitrogens with zero attached hydrogens (tertiary/aromatic N) is 1. The highest BCUT2D eigenvalue weighted by molar-refractivity contribution is 7.84. The van der Waals surface area contributed by atoms with E-state index in [2.05, 4.69) is 29.6 Å². The van der Waals surface area contributed by atoms with Gasteiger partial charge in [0.1, 0.15) is 6.17 Å². The van der Waals surface area contributed by atoms with Crippen LogP contribution in [0.25, 0.3) is 0 Å². The Morgan fingerprint density at radius 1 is 1.33 bits per heavy atom. The molecule has 1 aliphatic heterocycles. The third-order valence-electron chi connectivity index (χ3n) is 3.94. The van der Waals surface area contributed by atoms with Gasteiger partial charge < -0.3 is 4.90 Å². The molecule has 0 aliphatic carbocycles. The predicted octanol–water partition coefficient (Wildman–Crippen LogP) is 1.97. The molecule has 0 saturated carbocycles. The van der Waals surface area contributed by atoms with Crippen molar-refractivity contribution in [3.63, 3.8) is 0 Å². The zero-order valence-corrected chi connectivity index (χ0v) is 13.9. The van der Waals surface area contributed by atoms with Crippen LogP contribution in [-0.2, 0) is 15.6 Å². The third kappa shape index (κ3) is 3.52. The fraction of sp³-hybridized carbons (Fsp3) is 0.562. The molecule has 4 unspecified atom stereocenters. The Hall–Kier alpha value is -1.20. The summed E-state index contributed by atoms with van der Waals surface area (Å²) in [5.41, 5.74) is 2.28. The number of hydrogen-bond acceptors (Lipinski definition) is 3. The smallest absolute Gasteiger partial charge is 0.241 e. The van der Waals surface area contributed by atoms with Crippen LogP contribution in [0.1, 0.15) is 37.6 Å². The second kappa shape index (κ2) is 6.71. The van der Waals surface area contributed by atoms with Crippen LogP contribution in [0.5, 0.6) is 0 Å². The molecule has 4 nitrogen and oxygen atoms in total. The summed E-state index contributed by atoms with van der Waals surface area (Å²) in [4.78, 5) is 14.4. The number of carbonyl (C=O) groups excluding carboxylic acids is 1. The van der Waals surface area contributed by atoms with Crippen molar-refractivity contribution in [3.05, 3.63) is 35.4 Å². The van der Waals surface area contributed by atoms with Crippen LogP contribution in [0.15, 0.2) is 24.3 Å². The van der Waals surface area contributed by atoms with Crippen molar-refractivity contribution in [2.24, 2.45) is 0 Å². The number of hydrogen-bond donors (Lipinski definition) is 1. The summed E-state index contributed by atoms with van der Waals surface area (Å²) < 4.78 is 11.5. The van der Waals surface area contributed by atoms with Crippen molar-refractivity contribution in [1.29, 1.82) is 0 Å². The molecule has 1 N–H and O–H groups in total. The molecule has 5 heteroatoms. The van der Waals surface area contributed by atoms with Crippen molar-refractivity contribution in [1.82, 2.24) is 10.2 Å². The molecule has 1 aliphatic rings. The van der Waals surface area contributed by atoms with Crippen molar-refractivity contribution >= 4 is 16.7 Å². The molecule has 1 aromatic carbocycles. The highest BCUT2D eigenvalue weighted by Crippen LogP contribution is 2.29. The number of rotatable bonds is 5. The van der Waals surface area contributed by atoms with E-state index >= 15 is 0 Å². The zero-order valence-electron chi connectivity index (χ0n) is 13.1. The first kappa shape index (κ1) is 16.2.